The lowest BCUT2D eigenvalue weighted by Crippen LogP contribution is -2.18. The normalized spacial score (nSPS) is 10.9. The molecule has 0 amide bonds. The van der Waals surface area contributed by atoms with Crippen molar-refractivity contribution in [3.8, 4) is 5.75 Å². The summed E-state index contributed by atoms with van der Waals surface area (Å²) in [6, 6.07) is 16.0. The third-order valence-electron chi connectivity index (χ3n) is 3.12. The number of hydrogen-bond donors (Lipinski definition) is 1. The highest BCUT2D eigenvalue weighted by Crippen LogP contribution is 2.15. The van der Waals surface area contributed by atoms with E-state index in [1.807, 2.05) is 36.4 Å². The first-order chi connectivity index (χ1) is 10.1. The summed E-state index contributed by atoms with van der Waals surface area (Å²) < 4.78 is 5.77. The minimum absolute atomic E-state index is 0.558. The Morgan fingerprint density at radius 2 is 1.57 bits per heavy atom. The molecule has 2 aromatic rings. The Morgan fingerprint density at radius 1 is 0.952 bits per heavy atom. The molecule has 3 heteroatoms. The summed E-state index contributed by atoms with van der Waals surface area (Å²) >= 11 is 5.86. The van der Waals surface area contributed by atoms with Gasteiger partial charge in [0.15, 0.2) is 0 Å². The van der Waals surface area contributed by atoms with E-state index >= 15 is 0 Å². The molecule has 2 nitrogen and oxygen atoms in total. The molecule has 0 fully saturated rings. The van der Waals surface area contributed by atoms with Gasteiger partial charge in [0.25, 0.3) is 0 Å². The Hall–Kier alpha value is -1.51. The van der Waals surface area contributed by atoms with Gasteiger partial charge in [0.1, 0.15) is 12.4 Å². The summed E-state index contributed by atoms with van der Waals surface area (Å²) in [5.41, 5.74) is 2.39. The largest absolute Gasteiger partial charge is 0.489 e. The van der Waals surface area contributed by atoms with Crippen LogP contribution in [-0.4, -0.2) is 6.54 Å². The molecule has 112 valence electrons. The predicted molar refractivity (Wildman–Crippen MR) is 88.8 cm³/mol. The molecular weight excluding hydrogens is 282 g/mol. The van der Waals surface area contributed by atoms with Gasteiger partial charge in [-0.25, -0.2) is 0 Å². The van der Waals surface area contributed by atoms with Crippen molar-refractivity contribution >= 4 is 11.6 Å². The highest BCUT2D eigenvalue weighted by molar-refractivity contribution is 6.30. The molecule has 0 heterocycles. The van der Waals surface area contributed by atoms with Gasteiger partial charge >= 0.3 is 0 Å². The zero-order valence-corrected chi connectivity index (χ0v) is 13.4. The molecule has 0 aliphatic carbocycles. The van der Waals surface area contributed by atoms with Crippen LogP contribution < -0.4 is 10.1 Å². The molecule has 21 heavy (non-hydrogen) atoms. The van der Waals surface area contributed by atoms with Crippen molar-refractivity contribution in [1.82, 2.24) is 5.32 Å². The fourth-order valence-electron chi connectivity index (χ4n) is 1.96. The van der Waals surface area contributed by atoms with Gasteiger partial charge in [0.2, 0.25) is 0 Å². The number of nitrogens with one attached hydrogen (secondary N) is 1. The van der Waals surface area contributed by atoms with Crippen molar-refractivity contribution in [2.45, 2.75) is 27.0 Å². The van der Waals surface area contributed by atoms with E-state index in [9.17, 15) is 0 Å². The summed E-state index contributed by atoms with van der Waals surface area (Å²) in [5, 5.41) is 4.18. The maximum absolute atomic E-state index is 5.86. The van der Waals surface area contributed by atoms with Crippen LogP contribution in [0.2, 0.25) is 5.02 Å². The van der Waals surface area contributed by atoms with E-state index < -0.39 is 0 Å². The highest BCUT2D eigenvalue weighted by Gasteiger charge is 1.98. The lowest BCUT2D eigenvalue weighted by Gasteiger charge is -2.09. The maximum atomic E-state index is 5.86. The van der Waals surface area contributed by atoms with Crippen LogP contribution in [0.3, 0.4) is 0 Å². The lowest BCUT2D eigenvalue weighted by atomic mass is 10.2. The molecule has 0 unspecified atom stereocenters. The Balaban J connectivity index is 1.80. The number of halogens is 1. The number of benzene rings is 2. The minimum atomic E-state index is 0.558. The topological polar surface area (TPSA) is 21.3 Å². The van der Waals surface area contributed by atoms with E-state index in [1.54, 1.807) is 0 Å². The quantitative estimate of drug-likeness (QED) is 0.803. The molecule has 0 spiro atoms. The zero-order chi connectivity index (χ0) is 15.1. The van der Waals surface area contributed by atoms with Gasteiger partial charge in [-0.05, 0) is 47.9 Å². The average molecular weight is 304 g/mol. The van der Waals surface area contributed by atoms with Crippen molar-refractivity contribution in [2.24, 2.45) is 5.92 Å². The lowest BCUT2D eigenvalue weighted by molar-refractivity contribution is 0.306. The van der Waals surface area contributed by atoms with E-state index in [0.717, 1.165) is 29.4 Å². The molecule has 0 radical (unpaired) electrons. The summed E-state index contributed by atoms with van der Waals surface area (Å²) in [6.07, 6.45) is 0. The Labute approximate surface area is 132 Å². The van der Waals surface area contributed by atoms with Crippen LogP contribution in [0.25, 0.3) is 0 Å². The third-order valence-corrected chi connectivity index (χ3v) is 3.38. The number of rotatable bonds is 7. The van der Waals surface area contributed by atoms with E-state index in [4.69, 9.17) is 16.3 Å². The van der Waals surface area contributed by atoms with Gasteiger partial charge in [-0.3, -0.25) is 0 Å². The maximum Gasteiger partial charge on any atom is 0.119 e. The molecule has 1 N–H and O–H groups in total. The summed E-state index contributed by atoms with van der Waals surface area (Å²) in [5.74, 6) is 1.56. The van der Waals surface area contributed by atoms with Crippen LogP contribution in [0.1, 0.15) is 25.0 Å². The van der Waals surface area contributed by atoms with Crippen molar-refractivity contribution in [1.29, 1.82) is 0 Å². The molecule has 0 atom stereocenters. The average Bonchev–Trinajstić information content (AvgIpc) is 2.48. The Bertz CT molecular complexity index is 534. The minimum Gasteiger partial charge on any atom is -0.489 e. The van der Waals surface area contributed by atoms with Gasteiger partial charge in [-0.1, -0.05) is 49.7 Å². The second-order valence-electron chi connectivity index (χ2n) is 5.58. The number of ether oxygens (including phenoxy) is 1. The van der Waals surface area contributed by atoms with Gasteiger partial charge in [0, 0.05) is 11.6 Å². The standard InChI is InChI=1S/C18H22ClNO/c1-14(2)11-20-12-15-5-9-18(10-6-15)21-13-16-3-7-17(19)8-4-16/h3-10,14,20H,11-13H2,1-2H3. The van der Waals surface area contributed by atoms with Crippen molar-refractivity contribution in [3.63, 3.8) is 0 Å². The van der Waals surface area contributed by atoms with E-state index in [-0.39, 0.29) is 0 Å². The Morgan fingerprint density at radius 3 is 2.19 bits per heavy atom. The molecule has 2 aromatic carbocycles. The molecule has 0 saturated heterocycles. The fourth-order valence-corrected chi connectivity index (χ4v) is 2.08. The first kappa shape index (κ1) is 15.9. The van der Waals surface area contributed by atoms with Gasteiger partial charge in [-0.2, -0.15) is 0 Å². The molecule has 0 aliphatic rings. The van der Waals surface area contributed by atoms with Crippen molar-refractivity contribution < 1.29 is 4.74 Å². The summed E-state index contributed by atoms with van der Waals surface area (Å²) in [6.45, 7) is 6.91. The summed E-state index contributed by atoms with van der Waals surface area (Å²) in [4.78, 5) is 0. The summed E-state index contributed by atoms with van der Waals surface area (Å²) in [7, 11) is 0. The molecule has 2 rings (SSSR count). The van der Waals surface area contributed by atoms with Crippen LogP contribution in [0, 0.1) is 5.92 Å². The van der Waals surface area contributed by atoms with E-state index in [2.05, 4.69) is 31.3 Å². The smallest absolute Gasteiger partial charge is 0.119 e. The Kier molecular flexibility index (Phi) is 6.09. The first-order valence-corrected chi connectivity index (χ1v) is 7.68. The van der Waals surface area contributed by atoms with Crippen LogP contribution in [0.5, 0.6) is 5.75 Å². The predicted octanol–water partition coefficient (Wildman–Crippen LogP) is 4.66. The molecule has 0 aliphatic heterocycles. The van der Waals surface area contributed by atoms with Crippen LogP contribution in [0.4, 0.5) is 0 Å². The molecule has 0 aromatic heterocycles. The molecule has 0 saturated carbocycles. The second-order valence-corrected chi connectivity index (χ2v) is 6.02. The van der Waals surface area contributed by atoms with Gasteiger partial charge in [0.05, 0.1) is 0 Å². The van der Waals surface area contributed by atoms with Crippen LogP contribution in [0.15, 0.2) is 48.5 Å². The number of hydrogen-bond acceptors (Lipinski definition) is 2. The van der Waals surface area contributed by atoms with Crippen molar-refractivity contribution in [2.75, 3.05) is 6.54 Å². The zero-order valence-electron chi connectivity index (χ0n) is 12.6. The fraction of sp³-hybridized carbons (Fsp3) is 0.333. The first-order valence-electron chi connectivity index (χ1n) is 7.30. The SMILES string of the molecule is CC(C)CNCc1ccc(OCc2ccc(Cl)cc2)cc1. The van der Waals surface area contributed by atoms with E-state index in [1.165, 1.54) is 5.56 Å². The van der Waals surface area contributed by atoms with E-state index in [0.29, 0.717) is 12.5 Å². The van der Waals surface area contributed by atoms with Crippen LogP contribution in [-0.2, 0) is 13.2 Å². The monoisotopic (exact) mass is 303 g/mol. The van der Waals surface area contributed by atoms with Crippen molar-refractivity contribution in [3.05, 3.63) is 64.7 Å². The highest BCUT2D eigenvalue weighted by atomic mass is 35.5. The van der Waals surface area contributed by atoms with Crippen LogP contribution >= 0.6 is 11.6 Å². The van der Waals surface area contributed by atoms with Gasteiger partial charge in [-0.15, -0.1) is 0 Å². The molecular formula is C18H22ClNO. The van der Waals surface area contributed by atoms with Gasteiger partial charge < -0.3 is 10.1 Å². The second kappa shape index (κ2) is 8.06. The third kappa shape index (κ3) is 5.78. The molecule has 0 bridgehead atoms.